The lowest BCUT2D eigenvalue weighted by molar-refractivity contribution is 0.668. The van der Waals surface area contributed by atoms with Crippen molar-refractivity contribution in [3.05, 3.63) is 291 Å². The Balaban J connectivity index is 0.971. The highest BCUT2D eigenvalue weighted by atomic mass is 16.3. The number of fused-ring (bicyclic) bond motifs is 13. The molecule has 16 aromatic rings. The molecule has 6 heteroatoms. The fraction of sp³-hybridized carbons (Fsp3) is 0. The van der Waals surface area contributed by atoms with E-state index in [0.29, 0.717) is 0 Å². The van der Waals surface area contributed by atoms with Crippen LogP contribution in [0.15, 0.2) is 300 Å². The van der Waals surface area contributed by atoms with Gasteiger partial charge in [0.1, 0.15) is 22.3 Å². The van der Waals surface area contributed by atoms with Crippen molar-refractivity contribution >= 4 is 123 Å². The molecule has 2 aliphatic rings. The first-order chi connectivity index (χ1) is 41.7. The van der Waals surface area contributed by atoms with Gasteiger partial charge in [-0.15, -0.1) is 0 Å². The molecule has 0 saturated carbocycles. The molecule has 0 saturated heterocycles. The van der Waals surface area contributed by atoms with Crippen molar-refractivity contribution in [3.8, 4) is 50.2 Å². The highest BCUT2D eigenvalue weighted by molar-refractivity contribution is 7.00. The lowest BCUT2D eigenvalue weighted by atomic mass is 9.33. The van der Waals surface area contributed by atoms with Gasteiger partial charge < -0.3 is 23.2 Å². The predicted molar refractivity (Wildman–Crippen MR) is 351 cm³/mol. The van der Waals surface area contributed by atoms with Gasteiger partial charge in [0.25, 0.3) is 6.71 Å². The van der Waals surface area contributed by atoms with E-state index in [1.165, 1.54) is 27.2 Å². The molecule has 3 aromatic heterocycles. The topological polar surface area (TPSA) is 37.7 Å². The van der Waals surface area contributed by atoms with Gasteiger partial charge in [-0.1, -0.05) is 206 Å². The van der Waals surface area contributed by atoms with Crippen LogP contribution in [0.2, 0.25) is 0 Å². The summed E-state index contributed by atoms with van der Waals surface area (Å²) in [5.74, 6) is 0. The summed E-state index contributed by atoms with van der Waals surface area (Å²) in [5.41, 5.74) is 26.4. The quantitative estimate of drug-likeness (QED) is 0.149. The molecule has 0 radical (unpaired) electrons. The summed E-state index contributed by atoms with van der Waals surface area (Å²) >= 11 is 0. The number of anilines is 6. The second-order valence-corrected chi connectivity index (χ2v) is 22.3. The van der Waals surface area contributed by atoms with E-state index >= 15 is 0 Å². The second-order valence-electron chi connectivity index (χ2n) is 22.3. The van der Waals surface area contributed by atoms with E-state index in [1.807, 2.05) is 12.1 Å². The van der Waals surface area contributed by atoms with Gasteiger partial charge in [0.15, 0.2) is 0 Å². The molecular formula is C78H48BN3O2. The van der Waals surface area contributed by atoms with E-state index in [0.717, 1.165) is 139 Å². The van der Waals surface area contributed by atoms with E-state index in [4.69, 9.17) is 8.83 Å². The van der Waals surface area contributed by atoms with Gasteiger partial charge in [-0.2, -0.15) is 0 Å². The number of benzene rings is 13. The van der Waals surface area contributed by atoms with Crippen LogP contribution in [-0.2, 0) is 0 Å². The number of aromatic nitrogens is 1. The van der Waals surface area contributed by atoms with Crippen molar-refractivity contribution in [1.29, 1.82) is 0 Å². The maximum atomic E-state index is 6.40. The Kier molecular flexibility index (Phi) is 10.1. The molecule has 0 amide bonds. The lowest BCUT2D eigenvalue weighted by Crippen LogP contribution is -2.61. The Labute approximate surface area is 484 Å². The summed E-state index contributed by atoms with van der Waals surface area (Å²) in [6.07, 6.45) is 0. The average molecular weight is 1070 g/mol. The molecule has 13 aromatic carbocycles. The first-order valence-corrected chi connectivity index (χ1v) is 28.8. The molecule has 5 nitrogen and oxygen atoms in total. The van der Waals surface area contributed by atoms with Crippen LogP contribution in [0.4, 0.5) is 34.1 Å². The fourth-order valence-electron chi connectivity index (χ4n) is 14.1. The zero-order valence-electron chi connectivity index (χ0n) is 45.4. The van der Waals surface area contributed by atoms with Gasteiger partial charge in [0, 0.05) is 66.2 Å². The molecule has 5 heterocycles. The molecule has 0 unspecified atom stereocenters. The van der Waals surface area contributed by atoms with Crippen LogP contribution in [0, 0.1) is 0 Å². The van der Waals surface area contributed by atoms with Gasteiger partial charge in [-0.3, -0.25) is 0 Å². The smallest absolute Gasteiger partial charge is 0.252 e. The Bertz CT molecular complexity index is 5040. The summed E-state index contributed by atoms with van der Waals surface area (Å²) in [7, 11) is 0. The molecule has 84 heavy (non-hydrogen) atoms. The maximum absolute atomic E-state index is 6.40. The third kappa shape index (κ3) is 6.98. The summed E-state index contributed by atoms with van der Waals surface area (Å²) in [4.78, 5) is 5.18. The largest absolute Gasteiger partial charge is 0.456 e. The van der Waals surface area contributed by atoms with Crippen LogP contribution in [0.3, 0.4) is 0 Å². The van der Waals surface area contributed by atoms with Crippen LogP contribution >= 0.6 is 0 Å². The minimum atomic E-state index is -0.170. The third-order valence-corrected chi connectivity index (χ3v) is 17.8. The SMILES string of the molecule is c1ccc(-c2ccccc2N2c3cc(-c4ccc5oc6ccccc6c5c4)ccc3B3c4ccc(-c5ccc6oc7ccccc7c6c5)cc4N(c4ccccc4-c4ccccc4)c4cc(-n5c6ccccc6c6ccccc65)cc2c43)cc1. The molecule has 0 fully saturated rings. The van der Waals surface area contributed by atoms with Gasteiger partial charge in [-0.05, 0) is 135 Å². The fourth-order valence-corrected chi connectivity index (χ4v) is 14.1. The normalized spacial score (nSPS) is 12.7. The van der Waals surface area contributed by atoms with Crippen molar-refractivity contribution in [1.82, 2.24) is 4.57 Å². The number of hydrogen-bond donors (Lipinski definition) is 0. The van der Waals surface area contributed by atoms with Gasteiger partial charge >= 0.3 is 0 Å². The van der Waals surface area contributed by atoms with Crippen LogP contribution in [0.5, 0.6) is 0 Å². The number of hydrogen-bond acceptors (Lipinski definition) is 4. The van der Waals surface area contributed by atoms with Gasteiger partial charge in [-0.25, -0.2) is 0 Å². The monoisotopic (exact) mass is 1070 g/mol. The van der Waals surface area contributed by atoms with Crippen LogP contribution in [0.25, 0.3) is 116 Å². The van der Waals surface area contributed by atoms with Crippen LogP contribution < -0.4 is 26.2 Å². The predicted octanol–water partition coefficient (Wildman–Crippen LogP) is 19.3. The minimum absolute atomic E-state index is 0.170. The molecule has 0 aliphatic carbocycles. The Morgan fingerprint density at radius 2 is 0.631 bits per heavy atom. The van der Waals surface area contributed by atoms with Gasteiger partial charge in [0.2, 0.25) is 0 Å². The van der Waals surface area contributed by atoms with E-state index in [1.54, 1.807) is 0 Å². The highest BCUT2D eigenvalue weighted by Crippen LogP contribution is 2.51. The zero-order valence-corrected chi connectivity index (χ0v) is 45.4. The maximum Gasteiger partial charge on any atom is 0.252 e. The van der Waals surface area contributed by atoms with Crippen LogP contribution in [-0.4, -0.2) is 11.3 Å². The van der Waals surface area contributed by atoms with Crippen molar-refractivity contribution in [2.24, 2.45) is 0 Å². The van der Waals surface area contributed by atoms with E-state index < -0.39 is 0 Å². The number of nitrogens with zero attached hydrogens (tertiary/aromatic N) is 3. The first-order valence-electron chi connectivity index (χ1n) is 28.8. The van der Waals surface area contributed by atoms with Crippen molar-refractivity contribution in [2.75, 3.05) is 9.80 Å². The first kappa shape index (κ1) is 46.7. The van der Waals surface area contributed by atoms with E-state index in [2.05, 4.69) is 293 Å². The third-order valence-electron chi connectivity index (χ3n) is 17.8. The van der Waals surface area contributed by atoms with E-state index in [-0.39, 0.29) is 6.71 Å². The summed E-state index contributed by atoms with van der Waals surface area (Å²) in [6, 6.07) is 107. The molecule has 390 valence electrons. The minimum Gasteiger partial charge on any atom is -0.456 e. The molecule has 2 aliphatic heterocycles. The van der Waals surface area contributed by atoms with E-state index in [9.17, 15) is 0 Å². The number of rotatable bonds is 7. The summed E-state index contributed by atoms with van der Waals surface area (Å²) in [5, 5.41) is 6.85. The molecule has 0 atom stereocenters. The van der Waals surface area contributed by atoms with Crippen molar-refractivity contribution in [2.45, 2.75) is 0 Å². The average Bonchev–Trinajstić information content (AvgIpc) is 0.984. The molecule has 18 rings (SSSR count). The van der Waals surface area contributed by atoms with Crippen LogP contribution in [0.1, 0.15) is 0 Å². The molecular weight excluding hydrogens is 1020 g/mol. The van der Waals surface area contributed by atoms with Crippen molar-refractivity contribution in [3.63, 3.8) is 0 Å². The second kappa shape index (κ2) is 18.2. The zero-order chi connectivity index (χ0) is 55.0. The van der Waals surface area contributed by atoms with Gasteiger partial charge in [0.05, 0.1) is 28.1 Å². The summed E-state index contributed by atoms with van der Waals surface area (Å²) < 4.78 is 15.3. The molecule has 0 spiro atoms. The summed E-state index contributed by atoms with van der Waals surface area (Å²) in [6.45, 7) is -0.170. The highest BCUT2D eigenvalue weighted by Gasteiger charge is 2.45. The Morgan fingerprint density at radius 1 is 0.250 bits per heavy atom. The standard InChI is InChI=1S/C78H48BN3O2/c1-3-19-49(20-4-1)56-23-7-13-29-66(56)81-70-45-53(51-37-41-76-62(43-51)60-27-11-17-33-74(60)83-76)35-39-64(70)79-65-40-36-54(52-38-42-77-63(44-52)61-28-12-18-34-75(61)84-77)46-71(65)82(67-30-14-8-24-57(67)50-21-5-2-6-22-50)73-48-55(47-72(81)78(73)79)80-68-31-15-9-25-58(68)59-26-10-16-32-69(59)80/h1-48H. The number of furan rings is 2. The molecule has 0 N–H and O–H groups in total. The Hall–Kier alpha value is -11.1. The molecule has 0 bridgehead atoms. The van der Waals surface area contributed by atoms with Crippen molar-refractivity contribution < 1.29 is 8.83 Å². The number of para-hydroxylation sites is 6. The lowest BCUT2D eigenvalue weighted by Gasteiger charge is -2.45. The Morgan fingerprint density at radius 3 is 1.12 bits per heavy atom.